The number of ether oxygens (including phenoxy) is 1. The number of nitrogens with one attached hydrogen (secondary N) is 1. The SMILES string of the molecule is COc1ccc(Cl)cc1NC(=O)/C(C#N)=C/c1ccc(C(=O)O)cc1. The maximum absolute atomic E-state index is 12.3. The van der Waals surface area contributed by atoms with Gasteiger partial charge in [0.2, 0.25) is 0 Å². The molecule has 126 valence electrons. The third kappa shape index (κ3) is 4.59. The molecule has 0 aliphatic heterocycles. The van der Waals surface area contributed by atoms with Crippen LogP contribution in [0.4, 0.5) is 5.69 Å². The number of carboxylic acids is 1. The quantitative estimate of drug-likeness (QED) is 0.630. The number of nitriles is 1. The molecular weight excluding hydrogens is 344 g/mol. The van der Waals surface area contributed by atoms with Gasteiger partial charge in [-0.1, -0.05) is 23.7 Å². The minimum atomic E-state index is -1.05. The van der Waals surface area contributed by atoms with Crippen LogP contribution in [0.15, 0.2) is 48.0 Å². The number of halogens is 1. The second-order valence-electron chi connectivity index (χ2n) is 4.90. The molecule has 2 N–H and O–H groups in total. The molecule has 0 saturated carbocycles. The molecule has 25 heavy (non-hydrogen) atoms. The van der Waals surface area contributed by atoms with Crippen LogP contribution in [0.3, 0.4) is 0 Å². The number of hydrogen-bond donors (Lipinski definition) is 2. The second-order valence-corrected chi connectivity index (χ2v) is 5.33. The van der Waals surface area contributed by atoms with Crippen molar-refractivity contribution in [1.82, 2.24) is 0 Å². The highest BCUT2D eigenvalue weighted by Crippen LogP contribution is 2.28. The molecule has 2 rings (SSSR count). The van der Waals surface area contributed by atoms with Crippen molar-refractivity contribution >= 4 is 35.2 Å². The van der Waals surface area contributed by atoms with Gasteiger partial charge in [0.15, 0.2) is 0 Å². The van der Waals surface area contributed by atoms with Crippen molar-refractivity contribution < 1.29 is 19.4 Å². The molecule has 1 amide bonds. The van der Waals surface area contributed by atoms with E-state index in [4.69, 9.17) is 21.4 Å². The van der Waals surface area contributed by atoms with E-state index in [1.165, 1.54) is 43.5 Å². The fourth-order valence-corrected chi connectivity index (χ4v) is 2.18. The lowest BCUT2D eigenvalue weighted by Crippen LogP contribution is -2.14. The van der Waals surface area contributed by atoms with Crippen LogP contribution in [-0.4, -0.2) is 24.1 Å². The van der Waals surface area contributed by atoms with Crippen molar-refractivity contribution in [2.24, 2.45) is 0 Å². The van der Waals surface area contributed by atoms with Gasteiger partial charge in [-0.2, -0.15) is 5.26 Å². The van der Waals surface area contributed by atoms with Crippen LogP contribution in [0, 0.1) is 11.3 Å². The van der Waals surface area contributed by atoms with Gasteiger partial charge in [-0.3, -0.25) is 4.79 Å². The van der Waals surface area contributed by atoms with E-state index in [2.05, 4.69) is 5.32 Å². The minimum Gasteiger partial charge on any atom is -0.495 e. The fraction of sp³-hybridized carbons (Fsp3) is 0.0556. The average Bonchev–Trinajstić information content (AvgIpc) is 2.60. The highest BCUT2D eigenvalue weighted by Gasteiger charge is 2.13. The molecule has 0 unspecified atom stereocenters. The van der Waals surface area contributed by atoms with Gasteiger partial charge in [0.05, 0.1) is 18.4 Å². The Hall–Kier alpha value is -3.30. The first-order chi connectivity index (χ1) is 11.9. The minimum absolute atomic E-state index is 0.115. The first kappa shape index (κ1) is 18.0. The van der Waals surface area contributed by atoms with Gasteiger partial charge in [-0.25, -0.2) is 4.79 Å². The molecule has 0 atom stereocenters. The highest BCUT2D eigenvalue weighted by molar-refractivity contribution is 6.31. The summed E-state index contributed by atoms with van der Waals surface area (Å²) in [5, 5.41) is 21.1. The van der Waals surface area contributed by atoms with Crippen LogP contribution in [0.1, 0.15) is 15.9 Å². The largest absolute Gasteiger partial charge is 0.495 e. The van der Waals surface area contributed by atoms with Crippen LogP contribution >= 0.6 is 11.6 Å². The number of nitrogens with zero attached hydrogens (tertiary/aromatic N) is 1. The number of aromatic carboxylic acids is 1. The van der Waals surface area contributed by atoms with E-state index in [1.807, 2.05) is 6.07 Å². The number of carboxylic acid groups (broad SMARTS) is 1. The molecule has 2 aromatic rings. The maximum atomic E-state index is 12.3. The molecule has 0 heterocycles. The second kappa shape index (κ2) is 7.99. The molecule has 0 bridgehead atoms. The average molecular weight is 357 g/mol. The van der Waals surface area contributed by atoms with Crippen LogP contribution in [0.25, 0.3) is 6.08 Å². The number of carbonyl (C=O) groups is 2. The zero-order chi connectivity index (χ0) is 18.4. The number of hydrogen-bond acceptors (Lipinski definition) is 4. The lowest BCUT2D eigenvalue weighted by Gasteiger charge is -2.10. The monoisotopic (exact) mass is 356 g/mol. The van der Waals surface area contributed by atoms with E-state index < -0.39 is 11.9 Å². The normalized spacial score (nSPS) is 10.7. The summed E-state index contributed by atoms with van der Waals surface area (Å²) in [6, 6.07) is 12.3. The summed E-state index contributed by atoms with van der Waals surface area (Å²) in [7, 11) is 1.45. The Morgan fingerprint density at radius 3 is 2.48 bits per heavy atom. The van der Waals surface area contributed by atoms with Crippen molar-refractivity contribution in [3.63, 3.8) is 0 Å². The number of methoxy groups -OCH3 is 1. The summed E-state index contributed by atoms with van der Waals surface area (Å²) in [6.45, 7) is 0. The smallest absolute Gasteiger partial charge is 0.335 e. The standard InChI is InChI=1S/C18H13ClN2O4/c1-25-16-7-6-14(19)9-15(16)21-17(22)13(10-20)8-11-2-4-12(5-3-11)18(23)24/h2-9H,1H3,(H,21,22)(H,23,24)/b13-8+. The number of rotatable bonds is 5. The Kier molecular flexibility index (Phi) is 5.77. The lowest BCUT2D eigenvalue weighted by atomic mass is 10.1. The zero-order valence-electron chi connectivity index (χ0n) is 13.1. The molecule has 0 spiro atoms. The molecule has 0 saturated heterocycles. The van der Waals surface area contributed by atoms with Gasteiger partial charge in [0.1, 0.15) is 17.4 Å². The number of benzene rings is 2. The van der Waals surface area contributed by atoms with E-state index in [0.717, 1.165) is 0 Å². The number of amides is 1. The van der Waals surface area contributed by atoms with Gasteiger partial charge in [-0.05, 0) is 42.0 Å². The van der Waals surface area contributed by atoms with E-state index in [0.29, 0.717) is 22.0 Å². The molecule has 6 nitrogen and oxygen atoms in total. The Morgan fingerprint density at radius 1 is 1.24 bits per heavy atom. The molecule has 0 aromatic heterocycles. The van der Waals surface area contributed by atoms with Gasteiger partial charge >= 0.3 is 5.97 Å². The van der Waals surface area contributed by atoms with Crippen LogP contribution in [0.2, 0.25) is 5.02 Å². The first-order valence-electron chi connectivity index (χ1n) is 7.04. The van der Waals surface area contributed by atoms with Crippen LogP contribution in [0.5, 0.6) is 5.75 Å². The van der Waals surface area contributed by atoms with Crippen LogP contribution < -0.4 is 10.1 Å². The lowest BCUT2D eigenvalue weighted by molar-refractivity contribution is -0.112. The Bertz CT molecular complexity index is 883. The molecule has 0 aliphatic carbocycles. The Morgan fingerprint density at radius 2 is 1.92 bits per heavy atom. The van der Waals surface area contributed by atoms with E-state index in [-0.39, 0.29) is 11.1 Å². The molecule has 2 aromatic carbocycles. The predicted octanol–water partition coefficient (Wildman–Crippen LogP) is 3.59. The van der Waals surface area contributed by atoms with Crippen molar-refractivity contribution in [2.75, 3.05) is 12.4 Å². The molecule has 0 radical (unpaired) electrons. The van der Waals surface area contributed by atoms with Crippen molar-refractivity contribution in [1.29, 1.82) is 5.26 Å². The van der Waals surface area contributed by atoms with Gasteiger partial charge in [0.25, 0.3) is 5.91 Å². The molecule has 0 fully saturated rings. The highest BCUT2D eigenvalue weighted by atomic mass is 35.5. The summed E-state index contributed by atoms with van der Waals surface area (Å²) < 4.78 is 5.14. The third-order valence-corrected chi connectivity index (χ3v) is 3.48. The molecule has 7 heteroatoms. The van der Waals surface area contributed by atoms with E-state index in [9.17, 15) is 14.9 Å². The molecule has 0 aliphatic rings. The maximum Gasteiger partial charge on any atom is 0.335 e. The summed E-state index contributed by atoms with van der Waals surface area (Å²) in [6.07, 6.45) is 1.36. The van der Waals surface area contributed by atoms with Crippen molar-refractivity contribution in [3.8, 4) is 11.8 Å². The summed E-state index contributed by atoms with van der Waals surface area (Å²) in [5.41, 5.74) is 0.825. The summed E-state index contributed by atoms with van der Waals surface area (Å²) in [4.78, 5) is 23.1. The van der Waals surface area contributed by atoms with Crippen LogP contribution in [-0.2, 0) is 4.79 Å². The fourth-order valence-electron chi connectivity index (χ4n) is 2.00. The summed E-state index contributed by atoms with van der Waals surface area (Å²) >= 11 is 5.91. The first-order valence-corrected chi connectivity index (χ1v) is 7.42. The Balaban J connectivity index is 2.25. The zero-order valence-corrected chi connectivity index (χ0v) is 13.9. The van der Waals surface area contributed by atoms with Crippen molar-refractivity contribution in [2.45, 2.75) is 0 Å². The van der Waals surface area contributed by atoms with Gasteiger partial charge in [0, 0.05) is 5.02 Å². The third-order valence-electron chi connectivity index (χ3n) is 3.24. The topological polar surface area (TPSA) is 99.4 Å². The number of carbonyl (C=O) groups excluding carboxylic acids is 1. The van der Waals surface area contributed by atoms with Gasteiger partial charge in [-0.15, -0.1) is 0 Å². The summed E-state index contributed by atoms with van der Waals surface area (Å²) in [5.74, 6) is -1.28. The van der Waals surface area contributed by atoms with E-state index in [1.54, 1.807) is 12.1 Å². The van der Waals surface area contributed by atoms with E-state index >= 15 is 0 Å². The van der Waals surface area contributed by atoms with Crippen molar-refractivity contribution in [3.05, 3.63) is 64.2 Å². The Labute approximate surface area is 148 Å². The van der Waals surface area contributed by atoms with Gasteiger partial charge < -0.3 is 15.2 Å². The molecular formula is C18H13ClN2O4. The number of anilines is 1. The predicted molar refractivity (Wildman–Crippen MR) is 93.6 cm³/mol.